The molecule has 1 aromatic heterocycles. The van der Waals surface area contributed by atoms with Crippen molar-refractivity contribution in [3.63, 3.8) is 0 Å². The number of nitrogens with two attached hydrogens (primary N) is 1. The van der Waals surface area contributed by atoms with E-state index in [1.807, 2.05) is 18.2 Å². The van der Waals surface area contributed by atoms with E-state index < -0.39 is 0 Å². The minimum Gasteiger partial charge on any atom is -0.383 e. The first kappa shape index (κ1) is 19.2. The molecule has 27 heavy (non-hydrogen) atoms. The Hall–Kier alpha value is -2.54. The number of aromatic nitrogens is 1. The fourth-order valence-electron chi connectivity index (χ4n) is 3.03. The van der Waals surface area contributed by atoms with Crippen LogP contribution in [-0.4, -0.2) is 4.98 Å². The van der Waals surface area contributed by atoms with Crippen molar-refractivity contribution in [1.82, 2.24) is 4.98 Å². The lowest BCUT2D eigenvalue weighted by molar-refractivity contribution is 0.647. The van der Waals surface area contributed by atoms with Gasteiger partial charge in [0.25, 0.3) is 0 Å². The predicted octanol–water partition coefficient (Wildman–Crippen LogP) is 6.37. The van der Waals surface area contributed by atoms with Gasteiger partial charge in [0.15, 0.2) is 0 Å². The van der Waals surface area contributed by atoms with Gasteiger partial charge in [-0.25, -0.2) is 4.98 Å². The van der Waals surface area contributed by atoms with Crippen LogP contribution in [0.5, 0.6) is 0 Å². The number of rotatable bonds is 4. The average molecular weight is 396 g/mol. The molecule has 0 fully saturated rings. The van der Waals surface area contributed by atoms with Gasteiger partial charge in [0.2, 0.25) is 0 Å². The molecule has 0 unspecified atom stereocenters. The molecule has 0 amide bonds. The van der Waals surface area contributed by atoms with Crippen molar-refractivity contribution in [2.75, 3.05) is 5.73 Å². The second-order valence-corrected chi connectivity index (χ2v) is 7.69. The first-order chi connectivity index (χ1) is 12.9. The Bertz CT molecular complexity index is 1020. The average Bonchev–Trinajstić information content (AvgIpc) is 2.61. The van der Waals surface area contributed by atoms with Crippen LogP contribution in [0.25, 0.3) is 22.4 Å². The third-order valence-corrected chi connectivity index (χ3v) is 4.82. The molecule has 0 saturated heterocycles. The third kappa shape index (κ3) is 4.24. The van der Waals surface area contributed by atoms with Gasteiger partial charge in [0.1, 0.15) is 17.5 Å². The number of nitriles is 1. The second kappa shape index (κ2) is 8.00. The summed E-state index contributed by atoms with van der Waals surface area (Å²) in [5, 5.41) is 10.5. The number of benzene rings is 2. The minimum absolute atomic E-state index is 0.183. The van der Waals surface area contributed by atoms with Crippen LogP contribution in [0, 0.1) is 17.2 Å². The van der Waals surface area contributed by atoms with Crippen molar-refractivity contribution in [3.05, 3.63) is 69.7 Å². The van der Waals surface area contributed by atoms with Crippen molar-refractivity contribution >= 4 is 29.0 Å². The molecule has 2 aromatic carbocycles. The van der Waals surface area contributed by atoms with Gasteiger partial charge < -0.3 is 5.73 Å². The van der Waals surface area contributed by atoms with Crippen molar-refractivity contribution < 1.29 is 0 Å². The third-order valence-electron chi connectivity index (χ3n) is 4.27. The Morgan fingerprint density at radius 1 is 1.04 bits per heavy atom. The second-order valence-electron chi connectivity index (χ2n) is 6.85. The summed E-state index contributed by atoms with van der Waals surface area (Å²) in [6.45, 7) is 4.39. The lowest BCUT2D eigenvalue weighted by atomic mass is 9.97. The predicted molar refractivity (Wildman–Crippen MR) is 113 cm³/mol. The van der Waals surface area contributed by atoms with Crippen molar-refractivity contribution in [2.24, 2.45) is 5.92 Å². The Balaban J connectivity index is 2.11. The summed E-state index contributed by atoms with van der Waals surface area (Å²) in [6, 6.07) is 17.4. The lowest BCUT2D eigenvalue weighted by Gasteiger charge is -2.12. The highest BCUT2D eigenvalue weighted by molar-refractivity contribution is 6.36. The quantitative estimate of drug-likeness (QED) is 0.557. The first-order valence-corrected chi connectivity index (χ1v) is 9.40. The SMILES string of the molecule is CC(C)Cc1ccc(-c2cc(-c3ccc(Cl)cc3Cl)c(C#N)c(N)n2)cc1. The number of pyridine rings is 1. The van der Waals surface area contributed by atoms with Crippen LogP contribution < -0.4 is 5.73 Å². The zero-order valence-electron chi connectivity index (χ0n) is 15.1. The Kier molecular flexibility index (Phi) is 5.70. The molecule has 3 rings (SSSR count). The smallest absolute Gasteiger partial charge is 0.142 e. The zero-order chi connectivity index (χ0) is 19.6. The van der Waals surface area contributed by atoms with Gasteiger partial charge >= 0.3 is 0 Å². The summed E-state index contributed by atoms with van der Waals surface area (Å²) >= 11 is 12.4. The molecule has 1 heterocycles. The van der Waals surface area contributed by atoms with E-state index in [1.165, 1.54) is 5.56 Å². The van der Waals surface area contributed by atoms with E-state index in [1.54, 1.807) is 18.2 Å². The summed E-state index contributed by atoms with van der Waals surface area (Å²) in [5.74, 6) is 0.778. The molecule has 3 aromatic rings. The fraction of sp³-hybridized carbons (Fsp3) is 0.182. The molecule has 3 nitrogen and oxygen atoms in total. The van der Waals surface area contributed by atoms with Crippen LogP contribution >= 0.6 is 23.2 Å². The maximum Gasteiger partial charge on any atom is 0.142 e. The van der Waals surface area contributed by atoms with Crippen LogP contribution in [-0.2, 0) is 6.42 Å². The van der Waals surface area contributed by atoms with Gasteiger partial charge in [-0.05, 0) is 36.1 Å². The molecule has 5 heteroatoms. The summed E-state index contributed by atoms with van der Waals surface area (Å²) in [4.78, 5) is 4.42. The van der Waals surface area contributed by atoms with Gasteiger partial charge in [-0.2, -0.15) is 5.26 Å². The highest BCUT2D eigenvalue weighted by atomic mass is 35.5. The van der Waals surface area contributed by atoms with Gasteiger partial charge in [-0.15, -0.1) is 0 Å². The Morgan fingerprint density at radius 2 is 1.74 bits per heavy atom. The van der Waals surface area contributed by atoms with Crippen LogP contribution in [0.15, 0.2) is 48.5 Å². The van der Waals surface area contributed by atoms with E-state index in [0.29, 0.717) is 38.3 Å². The molecule has 0 radical (unpaired) electrons. The number of hydrogen-bond donors (Lipinski definition) is 1. The molecule has 0 atom stereocenters. The molecular formula is C22H19Cl2N3. The number of nitrogens with zero attached hydrogens (tertiary/aromatic N) is 2. The van der Waals surface area contributed by atoms with Crippen molar-refractivity contribution in [2.45, 2.75) is 20.3 Å². The first-order valence-electron chi connectivity index (χ1n) is 8.64. The molecule has 0 spiro atoms. The molecule has 0 aliphatic rings. The standard InChI is InChI=1S/C22H19Cl2N3/c1-13(2)9-14-3-5-15(6-4-14)21-11-18(19(12-25)22(26)27-21)17-8-7-16(23)10-20(17)24/h3-8,10-11,13H,9H2,1-2H3,(H2,26,27). The summed E-state index contributed by atoms with van der Waals surface area (Å²) in [5.41, 5.74) is 10.6. The highest BCUT2D eigenvalue weighted by Gasteiger charge is 2.16. The summed E-state index contributed by atoms with van der Waals surface area (Å²) in [6.07, 6.45) is 1.02. The maximum absolute atomic E-state index is 9.55. The van der Waals surface area contributed by atoms with Crippen LogP contribution in [0.4, 0.5) is 5.82 Å². The van der Waals surface area contributed by atoms with E-state index in [4.69, 9.17) is 28.9 Å². The Labute approximate surface area is 169 Å². The summed E-state index contributed by atoms with van der Waals surface area (Å²) < 4.78 is 0. The zero-order valence-corrected chi connectivity index (χ0v) is 16.6. The van der Waals surface area contributed by atoms with Crippen LogP contribution in [0.3, 0.4) is 0 Å². The fourth-order valence-corrected chi connectivity index (χ4v) is 3.54. The number of halogens is 2. The van der Waals surface area contributed by atoms with E-state index in [9.17, 15) is 5.26 Å². The number of anilines is 1. The van der Waals surface area contributed by atoms with Gasteiger partial charge in [-0.3, -0.25) is 0 Å². The van der Waals surface area contributed by atoms with Gasteiger partial charge in [0, 0.05) is 26.7 Å². The van der Waals surface area contributed by atoms with Gasteiger partial charge in [-0.1, -0.05) is 67.4 Å². The monoisotopic (exact) mass is 395 g/mol. The molecule has 136 valence electrons. The maximum atomic E-state index is 9.55. The van der Waals surface area contributed by atoms with Gasteiger partial charge in [0.05, 0.1) is 5.69 Å². The van der Waals surface area contributed by atoms with E-state index in [-0.39, 0.29) is 5.82 Å². The van der Waals surface area contributed by atoms with Crippen LogP contribution in [0.1, 0.15) is 25.0 Å². The highest BCUT2D eigenvalue weighted by Crippen LogP contribution is 2.36. The molecule has 0 aliphatic heterocycles. The van der Waals surface area contributed by atoms with Crippen molar-refractivity contribution in [3.8, 4) is 28.5 Å². The van der Waals surface area contributed by atoms with E-state index >= 15 is 0 Å². The van der Waals surface area contributed by atoms with Crippen molar-refractivity contribution in [1.29, 1.82) is 5.26 Å². The number of hydrogen-bond acceptors (Lipinski definition) is 3. The number of nitrogen functional groups attached to an aromatic ring is 1. The topological polar surface area (TPSA) is 62.7 Å². The molecular weight excluding hydrogens is 377 g/mol. The molecule has 2 N–H and O–H groups in total. The Morgan fingerprint density at radius 3 is 2.33 bits per heavy atom. The molecule has 0 aliphatic carbocycles. The van der Waals surface area contributed by atoms with Crippen LogP contribution in [0.2, 0.25) is 10.0 Å². The molecule has 0 saturated carbocycles. The van der Waals surface area contributed by atoms with E-state index in [2.05, 4.69) is 37.0 Å². The summed E-state index contributed by atoms with van der Waals surface area (Å²) in [7, 11) is 0. The largest absolute Gasteiger partial charge is 0.383 e. The minimum atomic E-state index is 0.183. The molecule has 0 bridgehead atoms. The van der Waals surface area contributed by atoms with E-state index in [0.717, 1.165) is 12.0 Å². The normalized spacial score (nSPS) is 10.8. The lowest BCUT2D eigenvalue weighted by Crippen LogP contribution is -2.00.